The van der Waals surface area contributed by atoms with E-state index in [1.54, 1.807) is 12.1 Å². The minimum atomic E-state index is -4.57. The SMILES string of the molecule is CC(C(=O)O)c1ccc(Nc2nc(C(F)(F)F)co2)cc1. The second kappa shape index (κ2) is 5.47. The van der Waals surface area contributed by atoms with Crippen molar-refractivity contribution < 1.29 is 27.5 Å². The van der Waals surface area contributed by atoms with E-state index in [2.05, 4.69) is 14.7 Å². The van der Waals surface area contributed by atoms with Crippen LogP contribution in [0.3, 0.4) is 0 Å². The fraction of sp³-hybridized carbons (Fsp3) is 0.231. The third-order valence-corrected chi connectivity index (χ3v) is 2.83. The van der Waals surface area contributed by atoms with Crippen LogP contribution in [-0.2, 0) is 11.0 Å². The van der Waals surface area contributed by atoms with Gasteiger partial charge < -0.3 is 14.8 Å². The van der Waals surface area contributed by atoms with Gasteiger partial charge in [-0.3, -0.25) is 4.79 Å². The van der Waals surface area contributed by atoms with Crippen LogP contribution in [0.15, 0.2) is 34.9 Å². The van der Waals surface area contributed by atoms with Gasteiger partial charge in [0.05, 0.1) is 5.92 Å². The van der Waals surface area contributed by atoms with Gasteiger partial charge in [0.1, 0.15) is 6.26 Å². The summed E-state index contributed by atoms with van der Waals surface area (Å²) in [7, 11) is 0. The Morgan fingerprint density at radius 1 is 1.33 bits per heavy atom. The maximum Gasteiger partial charge on any atom is 0.436 e. The number of oxazole rings is 1. The van der Waals surface area contributed by atoms with Gasteiger partial charge in [0, 0.05) is 5.69 Å². The zero-order chi connectivity index (χ0) is 15.6. The summed E-state index contributed by atoms with van der Waals surface area (Å²) >= 11 is 0. The van der Waals surface area contributed by atoms with Crippen molar-refractivity contribution in [1.82, 2.24) is 4.98 Å². The molecular formula is C13H11F3N2O3. The van der Waals surface area contributed by atoms with Crippen molar-refractivity contribution in [2.24, 2.45) is 0 Å². The minimum absolute atomic E-state index is 0.290. The number of anilines is 2. The van der Waals surface area contributed by atoms with E-state index in [9.17, 15) is 18.0 Å². The molecule has 0 aliphatic carbocycles. The molecule has 0 bridgehead atoms. The third-order valence-electron chi connectivity index (χ3n) is 2.83. The van der Waals surface area contributed by atoms with E-state index >= 15 is 0 Å². The van der Waals surface area contributed by atoms with Crippen LogP contribution >= 0.6 is 0 Å². The van der Waals surface area contributed by atoms with Crippen LogP contribution in [-0.4, -0.2) is 16.1 Å². The molecule has 0 radical (unpaired) electrons. The van der Waals surface area contributed by atoms with E-state index in [1.165, 1.54) is 19.1 Å². The number of benzene rings is 1. The number of carboxylic acids is 1. The smallest absolute Gasteiger partial charge is 0.436 e. The van der Waals surface area contributed by atoms with Crippen molar-refractivity contribution in [3.63, 3.8) is 0 Å². The quantitative estimate of drug-likeness (QED) is 0.902. The average molecular weight is 300 g/mol. The number of halogens is 3. The lowest BCUT2D eigenvalue weighted by atomic mass is 10.0. The van der Waals surface area contributed by atoms with E-state index in [0.29, 0.717) is 17.5 Å². The number of alkyl halides is 3. The number of aliphatic carboxylic acids is 1. The molecule has 0 aliphatic heterocycles. The number of hydrogen-bond donors (Lipinski definition) is 2. The highest BCUT2D eigenvalue weighted by molar-refractivity contribution is 5.75. The van der Waals surface area contributed by atoms with Crippen LogP contribution in [0.25, 0.3) is 0 Å². The number of aromatic nitrogens is 1. The van der Waals surface area contributed by atoms with E-state index in [0.717, 1.165) is 0 Å². The highest BCUT2D eigenvalue weighted by Gasteiger charge is 2.34. The maximum atomic E-state index is 12.4. The Hall–Kier alpha value is -2.51. The van der Waals surface area contributed by atoms with E-state index in [1.807, 2.05) is 0 Å². The molecule has 5 nitrogen and oxygen atoms in total. The van der Waals surface area contributed by atoms with E-state index in [-0.39, 0.29) is 6.01 Å². The molecule has 2 rings (SSSR count). The summed E-state index contributed by atoms with van der Waals surface area (Å²) in [6, 6.07) is 5.91. The molecule has 0 amide bonds. The topological polar surface area (TPSA) is 75.4 Å². The Bertz CT molecular complexity index is 635. The van der Waals surface area contributed by atoms with Crippen molar-refractivity contribution in [3.8, 4) is 0 Å². The molecule has 8 heteroatoms. The summed E-state index contributed by atoms with van der Waals surface area (Å²) < 4.78 is 41.7. The molecule has 1 aromatic heterocycles. The lowest BCUT2D eigenvalue weighted by Crippen LogP contribution is -2.07. The molecule has 1 atom stereocenters. The Labute approximate surface area is 117 Å². The fourth-order valence-corrected chi connectivity index (χ4v) is 1.58. The fourth-order valence-electron chi connectivity index (χ4n) is 1.58. The Morgan fingerprint density at radius 2 is 1.95 bits per heavy atom. The standard InChI is InChI=1S/C13H11F3N2O3/c1-7(11(19)20)8-2-4-9(5-3-8)17-12-18-10(6-21-12)13(14,15)16/h2-7H,1H3,(H,17,18)(H,19,20). The third kappa shape index (κ3) is 3.53. The number of hydrogen-bond acceptors (Lipinski definition) is 4. The van der Waals surface area contributed by atoms with Crippen LogP contribution in [0.4, 0.5) is 24.9 Å². The first-order chi connectivity index (χ1) is 9.77. The number of carboxylic acid groups (broad SMARTS) is 1. The summed E-state index contributed by atoms with van der Waals surface area (Å²) in [4.78, 5) is 14.1. The number of nitrogens with one attached hydrogen (secondary N) is 1. The number of nitrogens with zero attached hydrogens (tertiary/aromatic N) is 1. The number of carbonyl (C=O) groups is 1. The first-order valence-electron chi connectivity index (χ1n) is 5.90. The minimum Gasteiger partial charge on any atom is -0.481 e. The van der Waals surface area contributed by atoms with Crippen LogP contribution in [0.2, 0.25) is 0 Å². The van der Waals surface area contributed by atoms with Crippen molar-refractivity contribution in [3.05, 3.63) is 41.8 Å². The van der Waals surface area contributed by atoms with Crippen LogP contribution in [0, 0.1) is 0 Å². The normalized spacial score (nSPS) is 13.0. The van der Waals surface area contributed by atoms with Crippen molar-refractivity contribution in [1.29, 1.82) is 0 Å². The van der Waals surface area contributed by atoms with Crippen LogP contribution < -0.4 is 5.32 Å². The lowest BCUT2D eigenvalue weighted by Gasteiger charge is -2.07. The van der Waals surface area contributed by atoms with E-state index in [4.69, 9.17) is 5.11 Å². The zero-order valence-electron chi connectivity index (χ0n) is 10.8. The van der Waals surface area contributed by atoms with Gasteiger partial charge in [-0.15, -0.1) is 0 Å². The van der Waals surface area contributed by atoms with Gasteiger partial charge in [0.2, 0.25) is 0 Å². The summed E-state index contributed by atoms with van der Waals surface area (Å²) in [5, 5.41) is 11.4. The van der Waals surface area contributed by atoms with Gasteiger partial charge >= 0.3 is 12.1 Å². The zero-order valence-corrected chi connectivity index (χ0v) is 10.8. The first-order valence-corrected chi connectivity index (χ1v) is 5.90. The Kier molecular flexibility index (Phi) is 3.88. The average Bonchev–Trinajstić information content (AvgIpc) is 2.87. The highest BCUT2D eigenvalue weighted by atomic mass is 19.4. The first kappa shape index (κ1) is 14.9. The molecule has 0 fully saturated rings. The molecule has 0 saturated heterocycles. The van der Waals surface area contributed by atoms with Gasteiger partial charge in [-0.05, 0) is 24.6 Å². The summed E-state index contributed by atoms with van der Waals surface area (Å²) in [6.45, 7) is 1.54. The van der Waals surface area contributed by atoms with Gasteiger partial charge in [0.15, 0.2) is 5.69 Å². The molecule has 1 heterocycles. The molecule has 2 N–H and O–H groups in total. The molecule has 21 heavy (non-hydrogen) atoms. The molecule has 1 aromatic carbocycles. The number of rotatable bonds is 4. The van der Waals surface area contributed by atoms with Crippen molar-refractivity contribution >= 4 is 17.7 Å². The molecule has 1 unspecified atom stereocenters. The predicted molar refractivity (Wildman–Crippen MR) is 67.3 cm³/mol. The van der Waals surface area contributed by atoms with Gasteiger partial charge in [-0.1, -0.05) is 12.1 Å². The van der Waals surface area contributed by atoms with Crippen molar-refractivity contribution in [2.45, 2.75) is 19.0 Å². The Morgan fingerprint density at radius 3 is 2.43 bits per heavy atom. The molecule has 2 aromatic rings. The second-order valence-electron chi connectivity index (χ2n) is 4.34. The maximum absolute atomic E-state index is 12.4. The molecule has 0 saturated carbocycles. The van der Waals surface area contributed by atoms with Crippen LogP contribution in [0.5, 0.6) is 0 Å². The summed E-state index contributed by atoms with van der Waals surface area (Å²) in [6.07, 6.45) is -4.05. The second-order valence-corrected chi connectivity index (χ2v) is 4.34. The molecule has 0 spiro atoms. The Balaban J connectivity index is 2.10. The predicted octanol–water partition coefficient (Wildman–Crippen LogP) is 3.63. The van der Waals surface area contributed by atoms with Crippen molar-refractivity contribution in [2.75, 3.05) is 5.32 Å². The molecular weight excluding hydrogens is 289 g/mol. The molecule has 112 valence electrons. The van der Waals surface area contributed by atoms with E-state index < -0.39 is 23.8 Å². The van der Waals surface area contributed by atoms with Gasteiger partial charge in [-0.2, -0.15) is 18.2 Å². The van der Waals surface area contributed by atoms with Gasteiger partial charge in [-0.25, -0.2) is 0 Å². The largest absolute Gasteiger partial charge is 0.481 e. The summed E-state index contributed by atoms with van der Waals surface area (Å²) in [5.41, 5.74) is -0.107. The highest BCUT2D eigenvalue weighted by Crippen LogP contribution is 2.30. The lowest BCUT2D eigenvalue weighted by molar-refractivity contribution is -0.141. The van der Waals surface area contributed by atoms with Crippen LogP contribution in [0.1, 0.15) is 24.1 Å². The molecule has 0 aliphatic rings. The monoisotopic (exact) mass is 300 g/mol. The summed E-state index contributed by atoms with van der Waals surface area (Å²) in [5.74, 6) is -1.63. The van der Waals surface area contributed by atoms with Gasteiger partial charge in [0.25, 0.3) is 6.01 Å².